The molecule has 0 atom stereocenters. The fourth-order valence-electron chi connectivity index (χ4n) is 1.49. The topological polar surface area (TPSA) is 155 Å². The molecule has 0 fully saturated rings. The van der Waals surface area contributed by atoms with Crippen LogP contribution < -0.4 is 17.2 Å². The number of thiophene rings is 1. The molecule has 0 bridgehead atoms. The average Bonchev–Trinajstić information content (AvgIpc) is 3.04. The minimum absolute atomic E-state index is 0.361. The summed E-state index contributed by atoms with van der Waals surface area (Å²) in [6, 6.07) is 10.7. The van der Waals surface area contributed by atoms with E-state index in [4.69, 9.17) is 5.73 Å². The Hall–Kier alpha value is -3.33. The molecule has 0 spiro atoms. The van der Waals surface area contributed by atoms with Crippen LogP contribution >= 0.6 is 11.3 Å². The van der Waals surface area contributed by atoms with Gasteiger partial charge in [-0.1, -0.05) is 18.2 Å². The van der Waals surface area contributed by atoms with Gasteiger partial charge in [-0.05, 0) is 23.6 Å². The van der Waals surface area contributed by atoms with Gasteiger partial charge in [0.05, 0.1) is 10.2 Å². The van der Waals surface area contributed by atoms with Crippen LogP contribution in [0.15, 0.2) is 54.3 Å². The van der Waals surface area contributed by atoms with Gasteiger partial charge in [-0.25, -0.2) is 9.97 Å². The highest BCUT2D eigenvalue weighted by Gasteiger charge is 1.96. The summed E-state index contributed by atoms with van der Waals surface area (Å²) in [7, 11) is 0. The standard InChI is InChI=1S/C7H7NO.C6H4N2S.C3H6N2O2/c8-7(9)6-4-2-1-3-5-6;1-2-9-6-3-7-4-8-5(1)6;4-2(6)1-3(5)7/h1-5H,(H2,8,9);1-4H;1H2,(H2,4,6)(H2,5,7). The first-order valence-electron chi connectivity index (χ1n) is 6.94. The van der Waals surface area contributed by atoms with Crippen molar-refractivity contribution in [2.24, 2.45) is 17.2 Å². The number of hydrogen-bond donors (Lipinski definition) is 3. The summed E-state index contributed by atoms with van der Waals surface area (Å²) in [5, 5.41) is 2.01. The van der Waals surface area contributed by atoms with Crippen molar-refractivity contribution in [2.45, 2.75) is 6.42 Å². The number of rotatable bonds is 3. The Morgan fingerprint density at radius 3 is 2.04 bits per heavy atom. The van der Waals surface area contributed by atoms with Gasteiger partial charge in [0.2, 0.25) is 17.7 Å². The van der Waals surface area contributed by atoms with E-state index < -0.39 is 11.8 Å². The molecule has 0 saturated carbocycles. The number of nitrogens with zero attached hydrogens (tertiary/aromatic N) is 2. The Morgan fingerprint density at radius 1 is 0.960 bits per heavy atom. The lowest BCUT2D eigenvalue weighted by molar-refractivity contribution is -0.125. The first kappa shape index (κ1) is 19.7. The van der Waals surface area contributed by atoms with E-state index in [2.05, 4.69) is 21.4 Å². The van der Waals surface area contributed by atoms with E-state index in [9.17, 15) is 14.4 Å². The third-order valence-corrected chi connectivity index (χ3v) is 3.38. The molecule has 2 heterocycles. The molecular weight excluding hydrogens is 342 g/mol. The molecule has 0 unspecified atom stereocenters. The summed E-state index contributed by atoms with van der Waals surface area (Å²) >= 11 is 1.66. The monoisotopic (exact) mass is 359 g/mol. The normalized spacial score (nSPS) is 9.12. The number of hydrogen-bond acceptors (Lipinski definition) is 6. The largest absolute Gasteiger partial charge is 0.369 e. The van der Waals surface area contributed by atoms with E-state index in [0.29, 0.717) is 5.56 Å². The molecule has 130 valence electrons. The maximum absolute atomic E-state index is 10.4. The Kier molecular flexibility index (Phi) is 8.24. The predicted octanol–water partition coefficient (Wildman–Crippen LogP) is 0.824. The van der Waals surface area contributed by atoms with Crippen LogP contribution in [0.5, 0.6) is 0 Å². The number of fused-ring (bicyclic) bond motifs is 1. The fourth-order valence-corrected chi connectivity index (χ4v) is 2.19. The molecule has 0 aliphatic rings. The maximum Gasteiger partial charge on any atom is 0.248 e. The highest BCUT2D eigenvalue weighted by atomic mass is 32.1. The SMILES string of the molecule is NC(=O)CC(N)=O.NC(=O)c1ccccc1.c1ncc2sccc2n1. The smallest absolute Gasteiger partial charge is 0.248 e. The van der Waals surface area contributed by atoms with Gasteiger partial charge < -0.3 is 17.2 Å². The second kappa shape index (κ2) is 10.4. The van der Waals surface area contributed by atoms with Crippen LogP contribution in [0.25, 0.3) is 10.2 Å². The average molecular weight is 359 g/mol. The Balaban J connectivity index is 0.000000190. The van der Waals surface area contributed by atoms with E-state index >= 15 is 0 Å². The quantitative estimate of drug-likeness (QED) is 0.590. The summed E-state index contributed by atoms with van der Waals surface area (Å²) < 4.78 is 1.15. The van der Waals surface area contributed by atoms with E-state index in [1.807, 2.05) is 23.7 Å². The van der Waals surface area contributed by atoms with Gasteiger partial charge in [-0.2, -0.15) is 0 Å². The molecule has 0 radical (unpaired) electrons. The molecule has 2 aromatic heterocycles. The lowest BCUT2D eigenvalue weighted by atomic mass is 10.2. The summed E-state index contributed by atoms with van der Waals surface area (Å²) in [6.45, 7) is 0. The van der Waals surface area contributed by atoms with Crippen LogP contribution in [-0.2, 0) is 9.59 Å². The summed E-state index contributed by atoms with van der Waals surface area (Å²) in [6.07, 6.45) is 3.03. The number of carbonyl (C=O) groups is 3. The second-order valence-electron chi connectivity index (χ2n) is 4.53. The van der Waals surface area contributed by atoms with Crippen LogP contribution in [0.2, 0.25) is 0 Å². The highest BCUT2D eigenvalue weighted by molar-refractivity contribution is 7.17. The number of amides is 3. The molecule has 0 aliphatic carbocycles. The van der Waals surface area contributed by atoms with Gasteiger partial charge in [0, 0.05) is 11.8 Å². The van der Waals surface area contributed by atoms with Crippen molar-refractivity contribution in [3.05, 3.63) is 59.9 Å². The Bertz CT molecular complexity index is 794. The Morgan fingerprint density at radius 2 is 1.60 bits per heavy atom. The molecule has 0 aliphatic heterocycles. The third-order valence-electron chi connectivity index (χ3n) is 2.54. The van der Waals surface area contributed by atoms with Crippen LogP contribution in [0, 0.1) is 0 Å². The molecule has 3 aromatic rings. The van der Waals surface area contributed by atoms with Crippen molar-refractivity contribution >= 4 is 39.3 Å². The van der Waals surface area contributed by atoms with Crippen molar-refractivity contribution in [1.82, 2.24) is 9.97 Å². The first-order valence-corrected chi connectivity index (χ1v) is 7.82. The lowest BCUT2D eigenvalue weighted by Crippen LogP contribution is -2.21. The lowest BCUT2D eigenvalue weighted by Gasteiger charge is -1.89. The van der Waals surface area contributed by atoms with Crippen LogP contribution in [0.1, 0.15) is 16.8 Å². The van der Waals surface area contributed by atoms with Crippen molar-refractivity contribution in [3.63, 3.8) is 0 Å². The molecule has 3 rings (SSSR count). The summed E-state index contributed by atoms with van der Waals surface area (Å²) in [5.41, 5.74) is 15.7. The molecular formula is C16H17N5O3S. The molecule has 25 heavy (non-hydrogen) atoms. The van der Waals surface area contributed by atoms with E-state index in [1.54, 1.807) is 41.9 Å². The van der Waals surface area contributed by atoms with Gasteiger partial charge in [0.15, 0.2) is 0 Å². The Labute approximate surface area is 147 Å². The molecule has 1 aromatic carbocycles. The third kappa shape index (κ3) is 8.18. The van der Waals surface area contributed by atoms with E-state index in [-0.39, 0.29) is 12.3 Å². The predicted molar refractivity (Wildman–Crippen MR) is 95.4 cm³/mol. The van der Waals surface area contributed by atoms with Crippen LogP contribution in [0.4, 0.5) is 0 Å². The highest BCUT2D eigenvalue weighted by Crippen LogP contribution is 2.15. The summed E-state index contributed by atoms with van der Waals surface area (Å²) in [4.78, 5) is 37.8. The zero-order chi connectivity index (χ0) is 18.7. The number of aromatic nitrogens is 2. The number of primary amides is 3. The van der Waals surface area contributed by atoms with Gasteiger partial charge in [-0.15, -0.1) is 11.3 Å². The first-order chi connectivity index (χ1) is 11.9. The minimum atomic E-state index is -0.687. The summed E-state index contributed by atoms with van der Waals surface area (Å²) in [5.74, 6) is -1.75. The number of nitrogens with two attached hydrogens (primary N) is 3. The fraction of sp³-hybridized carbons (Fsp3) is 0.0625. The molecule has 8 nitrogen and oxygen atoms in total. The van der Waals surface area contributed by atoms with Gasteiger partial charge in [-0.3, -0.25) is 14.4 Å². The number of carbonyl (C=O) groups excluding carboxylic acids is 3. The van der Waals surface area contributed by atoms with Crippen molar-refractivity contribution < 1.29 is 14.4 Å². The minimum Gasteiger partial charge on any atom is -0.369 e. The zero-order valence-electron chi connectivity index (χ0n) is 13.2. The molecule has 6 N–H and O–H groups in total. The van der Waals surface area contributed by atoms with Crippen LogP contribution in [-0.4, -0.2) is 27.7 Å². The van der Waals surface area contributed by atoms with Gasteiger partial charge in [0.1, 0.15) is 12.7 Å². The molecule has 3 amide bonds. The van der Waals surface area contributed by atoms with Gasteiger partial charge in [0.25, 0.3) is 0 Å². The van der Waals surface area contributed by atoms with Gasteiger partial charge >= 0.3 is 0 Å². The van der Waals surface area contributed by atoms with Crippen LogP contribution in [0.3, 0.4) is 0 Å². The molecule has 9 heteroatoms. The zero-order valence-corrected chi connectivity index (χ0v) is 14.0. The maximum atomic E-state index is 10.4. The van der Waals surface area contributed by atoms with E-state index in [1.165, 1.54) is 0 Å². The second-order valence-corrected chi connectivity index (χ2v) is 5.48. The molecule has 0 saturated heterocycles. The van der Waals surface area contributed by atoms with Crippen molar-refractivity contribution in [1.29, 1.82) is 0 Å². The van der Waals surface area contributed by atoms with Crippen molar-refractivity contribution in [3.8, 4) is 0 Å². The van der Waals surface area contributed by atoms with E-state index in [0.717, 1.165) is 10.2 Å². The number of benzene rings is 1. The van der Waals surface area contributed by atoms with Crippen molar-refractivity contribution in [2.75, 3.05) is 0 Å².